The van der Waals surface area contributed by atoms with Gasteiger partial charge in [-0.1, -0.05) is 18.2 Å². The molecule has 2 aliphatic rings. The van der Waals surface area contributed by atoms with Crippen LogP contribution in [0.15, 0.2) is 42.5 Å². The lowest BCUT2D eigenvalue weighted by atomic mass is 9.75. The Kier molecular flexibility index (Phi) is 3.59. The van der Waals surface area contributed by atoms with Crippen LogP contribution < -0.4 is 11.1 Å². The number of rotatable bonds is 3. The Labute approximate surface area is 161 Å². The Hall–Kier alpha value is -3.15. The fraction of sp³-hybridized carbons (Fsp3) is 0.273. The Morgan fingerprint density at radius 1 is 1.18 bits per heavy atom. The number of hydrogen-bond acceptors (Lipinski definition) is 3. The second-order valence-corrected chi connectivity index (χ2v) is 7.85. The minimum absolute atomic E-state index is 0.0411. The number of fused-ring (bicyclic) bond motifs is 4. The summed E-state index contributed by atoms with van der Waals surface area (Å²) < 4.78 is 15.5. The van der Waals surface area contributed by atoms with Crippen molar-refractivity contribution in [2.75, 3.05) is 12.3 Å². The van der Waals surface area contributed by atoms with Crippen molar-refractivity contribution >= 4 is 28.3 Å². The second-order valence-electron chi connectivity index (χ2n) is 7.85. The maximum Gasteiger partial charge on any atom is 0.268 e. The van der Waals surface area contributed by atoms with Gasteiger partial charge >= 0.3 is 0 Å². The molecule has 1 amide bonds. The number of halogens is 1. The number of nitrogens with two attached hydrogens (primary N) is 1. The standard InChI is InChI=1S/C22H20FN3O2/c23-16-5-2-13(8-17(16)24)9-20(27)15-4-3-14-10-19-21(28)25-12-22(6-1-7-22)26(19)18(14)11-15/h2-5,8,10-11H,1,6-7,9,12,24H2,(H,25,28). The first-order chi connectivity index (χ1) is 13.5. The minimum Gasteiger partial charge on any atom is -0.396 e. The molecule has 142 valence electrons. The molecule has 1 saturated carbocycles. The number of carbonyl (C=O) groups excluding carboxylic acids is 2. The molecule has 2 heterocycles. The fourth-order valence-electron chi connectivity index (χ4n) is 4.44. The highest BCUT2D eigenvalue weighted by Crippen LogP contribution is 2.44. The molecule has 0 atom stereocenters. The van der Waals surface area contributed by atoms with Crippen LogP contribution in [0.2, 0.25) is 0 Å². The van der Waals surface area contributed by atoms with Gasteiger partial charge in [-0.3, -0.25) is 9.59 Å². The lowest BCUT2D eigenvalue weighted by molar-refractivity contribution is 0.0763. The van der Waals surface area contributed by atoms with E-state index in [9.17, 15) is 14.0 Å². The third-order valence-corrected chi connectivity index (χ3v) is 6.12. The molecular weight excluding hydrogens is 357 g/mol. The van der Waals surface area contributed by atoms with Crippen LogP contribution in [0.3, 0.4) is 0 Å². The first-order valence-corrected chi connectivity index (χ1v) is 9.48. The zero-order valence-electron chi connectivity index (χ0n) is 15.3. The lowest BCUT2D eigenvalue weighted by Gasteiger charge is -2.47. The maximum atomic E-state index is 13.4. The predicted molar refractivity (Wildman–Crippen MR) is 105 cm³/mol. The highest BCUT2D eigenvalue weighted by molar-refractivity contribution is 6.04. The summed E-state index contributed by atoms with van der Waals surface area (Å²) >= 11 is 0. The number of aromatic nitrogens is 1. The SMILES string of the molecule is Nc1cc(CC(=O)c2ccc3cc4n(c3c2)C2(CCC2)CNC4=O)ccc1F. The number of nitrogens with zero attached hydrogens (tertiary/aromatic N) is 1. The summed E-state index contributed by atoms with van der Waals surface area (Å²) in [4.78, 5) is 25.2. The van der Waals surface area contributed by atoms with Crippen molar-refractivity contribution in [1.29, 1.82) is 0 Å². The number of anilines is 1. The van der Waals surface area contributed by atoms with E-state index in [2.05, 4.69) is 9.88 Å². The monoisotopic (exact) mass is 377 g/mol. The van der Waals surface area contributed by atoms with Crippen LogP contribution in [-0.2, 0) is 12.0 Å². The molecule has 1 aliphatic carbocycles. The predicted octanol–water partition coefficient (Wildman–Crippen LogP) is 3.41. The molecule has 5 nitrogen and oxygen atoms in total. The van der Waals surface area contributed by atoms with Gasteiger partial charge < -0.3 is 15.6 Å². The average Bonchev–Trinajstić information content (AvgIpc) is 3.04. The minimum atomic E-state index is -0.485. The van der Waals surface area contributed by atoms with Gasteiger partial charge in [0.15, 0.2) is 5.78 Å². The van der Waals surface area contributed by atoms with Crippen molar-refractivity contribution in [1.82, 2.24) is 9.88 Å². The number of hydrogen-bond donors (Lipinski definition) is 2. The third-order valence-electron chi connectivity index (χ3n) is 6.12. The van der Waals surface area contributed by atoms with Gasteiger partial charge in [0.1, 0.15) is 11.5 Å². The molecule has 1 spiro atoms. The number of benzene rings is 2. The summed E-state index contributed by atoms with van der Waals surface area (Å²) in [5, 5.41) is 3.96. The molecule has 5 rings (SSSR count). The van der Waals surface area contributed by atoms with Crippen molar-refractivity contribution < 1.29 is 14.0 Å². The van der Waals surface area contributed by atoms with E-state index in [-0.39, 0.29) is 29.3 Å². The second kappa shape index (κ2) is 5.92. The van der Waals surface area contributed by atoms with Gasteiger partial charge in [0, 0.05) is 29.4 Å². The van der Waals surface area contributed by atoms with Crippen LogP contribution >= 0.6 is 0 Å². The Bertz CT molecular complexity index is 1140. The Morgan fingerprint density at radius 2 is 2.00 bits per heavy atom. The molecule has 0 unspecified atom stereocenters. The van der Waals surface area contributed by atoms with Gasteiger partial charge in [-0.2, -0.15) is 0 Å². The van der Waals surface area contributed by atoms with Gasteiger partial charge in [-0.25, -0.2) is 4.39 Å². The number of Topliss-reactive ketones (excluding diaryl/α,β-unsaturated/α-hetero) is 1. The molecule has 28 heavy (non-hydrogen) atoms. The largest absolute Gasteiger partial charge is 0.396 e. The summed E-state index contributed by atoms with van der Waals surface area (Å²) in [6, 6.07) is 11.8. The maximum absolute atomic E-state index is 13.4. The van der Waals surface area contributed by atoms with Gasteiger partial charge in [0.25, 0.3) is 5.91 Å². The van der Waals surface area contributed by atoms with Gasteiger partial charge in [0.2, 0.25) is 0 Å². The van der Waals surface area contributed by atoms with Crippen LogP contribution in [0.4, 0.5) is 10.1 Å². The average molecular weight is 377 g/mol. The van der Waals surface area contributed by atoms with Crippen molar-refractivity contribution in [3.63, 3.8) is 0 Å². The molecule has 0 radical (unpaired) electrons. The zero-order chi connectivity index (χ0) is 19.5. The highest BCUT2D eigenvalue weighted by Gasteiger charge is 2.44. The molecule has 3 N–H and O–H groups in total. The summed E-state index contributed by atoms with van der Waals surface area (Å²) in [6.07, 6.45) is 3.34. The summed E-state index contributed by atoms with van der Waals surface area (Å²) in [6.45, 7) is 0.635. The molecule has 6 heteroatoms. The zero-order valence-corrected chi connectivity index (χ0v) is 15.3. The smallest absolute Gasteiger partial charge is 0.268 e. The van der Waals surface area contributed by atoms with E-state index >= 15 is 0 Å². The number of nitrogens with one attached hydrogen (secondary N) is 1. The van der Waals surface area contributed by atoms with Gasteiger partial charge in [-0.05, 0) is 49.1 Å². The van der Waals surface area contributed by atoms with E-state index < -0.39 is 5.82 Å². The third kappa shape index (κ3) is 2.44. The first kappa shape index (κ1) is 17.0. The van der Waals surface area contributed by atoms with Gasteiger partial charge in [-0.15, -0.1) is 0 Å². The molecule has 1 aromatic heterocycles. The van der Waals surface area contributed by atoms with Crippen LogP contribution in [0.1, 0.15) is 45.7 Å². The van der Waals surface area contributed by atoms with E-state index in [1.54, 1.807) is 12.1 Å². The van der Waals surface area contributed by atoms with Crippen molar-refractivity contribution in [2.24, 2.45) is 0 Å². The number of amides is 1. The molecular formula is C22H20FN3O2. The quantitative estimate of drug-likeness (QED) is 0.542. The van der Waals surface area contributed by atoms with E-state index in [1.165, 1.54) is 12.1 Å². The fourth-order valence-corrected chi connectivity index (χ4v) is 4.44. The van der Waals surface area contributed by atoms with E-state index in [4.69, 9.17) is 5.73 Å². The number of nitrogen functional groups attached to an aromatic ring is 1. The normalized spacial score (nSPS) is 17.2. The Balaban J connectivity index is 1.54. The molecule has 1 aliphatic heterocycles. The van der Waals surface area contributed by atoms with Crippen LogP contribution in [0.5, 0.6) is 0 Å². The highest BCUT2D eigenvalue weighted by atomic mass is 19.1. The molecule has 2 aromatic carbocycles. The molecule has 0 bridgehead atoms. The van der Waals surface area contributed by atoms with E-state index in [0.717, 1.165) is 30.2 Å². The summed E-state index contributed by atoms with van der Waals surface area (Å²) in [5.41, 5.74) is 8.42. The number of ketones is 1. The van der Waals surface area contributed by atoms with Crippen molar-refractivity contribution in [3.8, 4) is 0 Å². The number of carbonyl (C=O) groups is 2. The van der Waals surface area contributed by atoms with Crippen LogP contribution in [0, 0.1) is 5.82 Å². The molecule has 3 aromatic rings. The van der Waals surface area contributed by atoms with E-state index in [1.807, 2.05) is 18.2 Å². The molecule has 0 saturated heterocycles. The van der Waals surface area contributed by atoms with Gasteiger partial charge in [0.05, 0.1) is 11.2 Å². The summed E-state index contributed by atoms with van der Waals surface area (Å²) in [5.74, 6) is -0.615. The van der Waals surface area contributed by atoms with Crippen LogP contribution in [-0.4, -0.2) is 22.8 Å². The lowest BCUT2D eigenvalue weighted by Crippen LogP contribution is -2.55. The van der Waals surface area contributed by atoms with Crippen molar-refractivity contribution in [3.05, 3.63) is 65.1 Å². The molecule has 1 fully saturated rings. The Morgan fingerprint density at radius 3 is 2.71 bits per heavy atom. The van der Waals surface area contributed by atoms with E-state index in [0.29, 0.717) is 23.4 Å². The topological polar surface area (TPSA) is 77.1 Å². The summed E-state index contributed by atoms with van der Waals surface area (Å²) in [7, 11) is 0. The van der Waals surface area contributed by atoms with Crippen molar-refractivity contribution in [2.45, 2.75) is 31.2 Å². The van der Waals surface area contributed by atoms with Crippen LogP contribution in [0.25, 0.3) is 10.9 Å². The first-order valence-electron chi connectivity index (χ1n) is 9.48.